The van der Waals surface area contributed by atoms with E-state index in [-0.39, 0.29) is 42.6 Å². The highest BCUT2D eigenvalue weighted by Gasteiger charge is 2.16. The molecule has 2 aromatic heterocycles. The second-order valence-corrected chi connectivity index (χ2v) is 6.38. The molecule has 0 bridgehead atoms. The van der Waals surface area contributed by atoms with Gasteiger partial charge in [-0.3, -0.25) is 4.79 Å². The minimum Gasteiger partial charge on any atom is -0.384 e. The molecular formula is C19H25Cl3N6O. The predicted molar refractivity (Wildman–Crippen MR) is 127 cm³/mol. The van der Waals surface area contributed by atoms with Crippen molar-refractivity contribution in [3.63, 3.8) is 0 Å². The van der Waals surface area contributed by atoms with Crippen molar-refractivity contribution in [2.75, 3.05) is 31.5 Å². The van der Waals surface area contributed by atoms with Crippen LogP contribution in [-0.2, 0) is 0 Å². The van der Waals surface area contributed by atoms with Crippen molar-refractivity contribution in [1.29, 1.82) is 0 Å². The molecule has 0 aliphatic carbocycles. The van der Waals surface area contributed by atoms with Gasteiger partial charge < -0.3 is 16.4 Å². The molecule has 2 heterocycles. The molecule has 4 rings (SSSR count). The maximum atomic E-state index is 13.1. The second-order valence-electron chi connectivity index (χ2n) is 6.38. The van der Waals surface area contributed by atoms with Gasteiger partial charge in [0.25, 0.3) is 0 Å². The molecule has 0 unspecified atom stereocenters. The number of nitrogens with zero attached hydrogens (tertiary/aromatic N) is 3. The fraction of sp³-hybridized carbons (Fsp3) is 0.316. The third-order valence-corrected chi connectivity index (χ3v) is 4.62. The maximum Gasteiger partial charge on any atom is 0.199 e. The summed E-state index contributed by atoms with van der Waals surface area (Å²) < 4.78 is 1.76. The van der Waals surface area contributed by atoms with Crippen molar-refractivity contribution in [3.05, 3.63) is 46.6 Å². The van der Waals surface area contributed by atoms with Crippen LogP contribution in [0.4, 0.5) is 5.69 Å². The molecule has 29 heavy (non-hydrogen) atoms. The molecule has 0 saturated heterocycles. The van der Waals surface area contributed by atoms with Gasteiger partial charge in [0, 0.05) is 17.6 Å². The molecule has 158 valence electrons. The topological polar surface area (TPSA) is 97.3 Å². The van der Waals surface area contributed by atoms with Crippen molar-refractivity contribution < 1.29 is 0 Å². The summed E-state index contributed by atoms with van der Waals surface area (Å²) in [5.74, 6) is 0. The third-order valence-electron chi connectivity index (χ3n) is 4.62. The van der Waals surface area contributed by atoms with E-state index in [0.717, 1.165) is 54.7 Å². The second kappa shape index (κ2) is 11.3. The highest BCUT2D eigenvalue weighted by atomic mass is 35.5. The zero-order valence-electron chi connectivity index (χ0n) is 15.8. The quantitative estimate of drug-likeness (QED) is 0.277. The molecule has 10 heteroatoms. The summed E-state index contributed by atoms with van der Waals surface area (Å²) in [5, 5.41) is 16.5. The monoisotopic (exact) mass is 458 g/mol. The highest BCUT2D eigenvalue weighted by Crippen LogP contribution is 2.27. The minimum atomic E-state index is 0. The van der Waals surface area contributed by atoms with Crippen LogP contribution >= 0.6 is 37.2 Å². The van der Waals surface area contributed by atoms with Crippen LogP contribution in [-0.4, -0.2) is 41.0 Å². The molecule has 0 atom stereocenters. The SMILES string of the molecule is Cl.Cl.Cl.NCCCNCCCNc1ccc2nnn3c4ccccc4c(=O)c1c23. The zero-order chi connectivity index (χ0) is 17.9. The normalized spacial score (nSPS) is 10.5. The molecule has 0 amide bonds. The van der Waals surface area contributed by atoms with E-state index >= 15 is 0 Å². The first-order chi connectivity index (χ1) is 12.8. The van der Waals surface area contributed by atoms with Crippen molar-refractivity contribution in [2.24, 2.45) is 5.73 Å². The number of benzene rings is 2. The van der Waals surface area contributed by atoms with E-state index in [0.29, 0.717) is 17.3 Å². The number of nitrogens with one attached hydrogen (secondary N) is 2. The highest BCUT2D eigenvalue weighted by molar-refractivity contribution is 6.06. The van der Waals surface area contributed by atoms with E-state index in [2.05, 4.69) is 20.9 Å². The molecule has 0 aliphatic rings. The van der Waals surface area contributed by atoms with Crippen LogP contribution < -0.4 is 21.8 Å². The van der Waals surface area contributed by atoms with E-state index in [9.17, 15) is 4.79 Å². The van der Waals surface area contributed by atoms with Gasteiger partial charge in [0.05, 0.1) is 10.9 Å². The number of aromatic nitrogens is 3. The zero-order valence-corrected chi connectivity index (χ0v) is 18.2. The summed E-state index contributed by atoms with van der Waals surface area (Å²) in [5.41, 5.74) is 8.63. The number of para-hydroxylation sites is 1. The molecular weight excluding hydrogens is 435 g/mol. The van der Waals surface area contributed by atoms with E-state index in [1.807, 2.05) is 36.4 Å². The van der Waals surface area contributed by atoms with E-state index in [1.54, 1.807) is 4.52 Å². The summed E-state index contributed by atoms with van der Waals surface area (Å²) in [6.45, 7) is 3.35. The van der Waals surface area contributed by atoms with Crippen molar-refractivity contribution >= 4 is 70.2 Å². The lowest BCUT2D eigenvalue weighted by atomic mass is 10.1. The smallest absolute Gasteiger partial charge is 0.199 e. The molecule has 4 aromatic rings. The van der Waals surface area contributed by atoms with Crippen LogP contribution in [0.2, 0.25) is 0 Å². The van der Waals surface area contributed by atoms with Crippen molar-refractivity contribution in [1.82, 2.24) is 20.1 Å². The molecule has 7 nitrogen and oxygen atoms in total. The summed E-state index contributed by atoms with van der Waals surface area (Å²) in [7, 11) is 0. The molecule has 4 N–H and O–H groups in total. The summed E-state index contributed by atoms with van der Waals surface area (Å²) >= 11 is 0. The Morgan fingerprint density at radius 3 is 2.52 bits per heavy atom. The molecule has 0 aliphatic heterocycles. The van der Waals surface area contributed by atoms with Crippen molar-refractivity contribution in [2.45, 2.75) is 12.8 Å². The number of hydrogen-bond donors (Lipinski definition) is 3. The summed E-state index contributed by atoms with van der Waals surface area (Å²) in [4.78, 5) is 13.1. The average molecular weight is 460 g/mol. The lowest BCUT2D eigenvalue weighted by Gasteiger charge is -2.11. The Morgan fingerprint density at radius 1 is 0.966 bits per heavy atom. The first-order valence-electron chi connectivity index (χ1n) is 8.98. The number of anilines is 1. The Hall–Kier alpha value is -1.90. The largest absolute Gasteiger partial charge is 0.384 e. The maximum absolute atomic E-state index is 13.1. The van der Waals surface area contributed by atoms with Gasteiger partial charge in [-0.05, 0) is 56.7 Å². The Balaban J connectivity index is 0.00000140. The van der Waals surface area contributed by atoms with Gasteiger partial charge in [-0.1, -0.05) is 17.3 Å². The minimum absolute atomic E-state index is 0. The van der Waals surface area contributed by atoms with Crippen molar-refractivity contribution in [3.8, 4) is 0 Å². The van der Waals surface area contributed by atoms with E-state index in [1.165, 1.54) is 0 Å². The predicted octanol–water partition coefficient (Wildman–Crippen LogP) is 2.84. The van der Waals surface area contributed by atoms with Gasteiger partial charge in [0.1, 0.15) is 11.0 Å². The number of nitrogens with two attached hydrogens (primary N) is 1. The molecule has 0 saturated carbocycles. The third kappa shape index (κ3) is 4.82. The van der Waals surface area contributed by atoms with E-state index < -0.39 is 0 Å². The van der Waals surface area contributed by atoms with Gasteiger partial charge >= 0.3 is 0 Å². The molecule has 0 fully saturated rings. The number of pyridine rings is 1. The average Bonchev–Trinajstić information content (AvgIpc) is 3.10. The number of fused-ring (bicyclic) bond motifs is 2. The first-order valence-corrected chi connectivity index (χ1v) is 8.98. The summed E-state index contributed by atoms with van der Waals surface area (Å²) in [6, 6.07) is 11.3. The Labute approximate surface area is 187 Å². The Kier molecular flexibility index (Phi) is 9.82. The van der Waals surface area contributed by atoms with Crippen LogP contribution in [0.5, 0.6) is 0 Å². The molecule has 0 spiro atoms. The first kappa shape index (κ1) is 25.1. The molecule has 2 aromatic carbocycles. The number of halogens is 3. The Bertz CT molecular complexity index is 1100. The number of hydrogen-bond acceptors (Lipinski definition) is 6. The standard InChI is InChI=1S/C19H22N6O.3ClH/c20-9-3-10-21-11-4-12-22-14-7-8-15-18-17(14)19(26)13-5-1-2-6-16(13)25(18)24-23-15;;;/h1-2,5-8,21-22H,3-4,9-12,20H2;3*1H. The summed E-state index contributed by atoms with van der Waals surface area (Å²) in [6.07, 6.45) is 1.95. The van der Waals surface area contributed by atoms with Gasteiger partial charge in [0.2, 0.25) is 0 Å². The fourth-order valence-electron chi connectivity index (χ4n) is 3.33. The fourth-order valence-corrected chi connectivity index (χ4v) is 3.33. The van der Waals surface area contributed by atoms with Gasteiger partial charge in [0.15, 0.2) is 5.43 Å². The van der Waals surface area contributed by atoms with Gasteiger partial charge in [-0.15, -0.1) is 42.3 Å². The van der Waals surface area contributed by atoms with Crippen LogP contribution in [0.1, 0.15) is 12.8 Å². The van der Waals surface area contributed by atoms with Crippen LogP contribution in [0.15, 0.2) is 41.2 Å². The Morgan fingerprint density at radius 2 is 1.72 bits per heavy atom. The number of rotatable bonds is 8. The van der Waals surface area contributed by atoms with Crippen LogP contribution in [0.3, 0.4) is 0 Å². The van der Waals surface area contributed by atoms with E-state index in [4.69, 9.17) is 5.73 Å². The van der Waals surface area contributed by atoms with Gasteiger partial charge in [-0.2, -0.15) is 0 Å². The van der Waals surface area contributed by atoms with Crippen LogP contribution in [0, 0.1) is 0 Å². The lowest BCUT2D eigenvalue weighted by molar-refractivity contribution is 0.637. The van der Waals surface area contributed by atoms with Gasteiger partial charge in [-0.25, -0.2) is 4.52 Å². The molecule has 0 radical (unpaired) electrons. The lowest BCUT2D eigenvalue weighted by Crippen LogP contribution is -2.21. The van der Waals surface area contributed by atoms with Crippen LogP contribution in [0.25, 0.3) is 27.3 Å².